The van der Waals surface area contributed by atoms with Gasteiger partial charge in [-0.05, 0) is 49.1 Å². The first kappa shape index (κ1) is 22.6. The summed E-state index contributed by atoms with van der Waals surface area (Å²) in [6.07, 6.45) is 3.88. The van der Waals surface area contributed by atoms with Crippen molar-refractivity contribution in [2.24, 2.45) is 0 Å². The molecule has 0 fully saturated rings. The number of aryl methyl sites for hydroxylation is 3. The summed E-state index contributed by atoms with van der Waals surface area (Å²) in [5.74, 6) is 2.07. The van der Waals surface area contributed by atoms with Crippen molar-refractivity contribution in [2.45, 2.75) is 38.6 Å². The Morgan fingerprint density at radius 3 is 2.39 bits per heavy atom. The highest BCUT2D eigenvalue weighted by Gasteiger charge is 2.10. The second-order valence-corrected chi connectivity index (χ2v) is 8.12. The van der Waals surface area contributed by atoms with Gasteiger partial charge in [0.2, 0.25) is 5.91 Å². The fourth-order valence-electron chi connectivity index (χ4n) is 3.96. The van der Waals surface area contributed by atoms with Gasteiger partial charge in [0.1, 0.15) is 11.6 Å². The van der Waals surface area contributed by atoms with Crippen LogP contribution in [0.1, 0.15) is 30.7 Å². The van der Waals surface area contributed by atoms with Crippen molar-refractivity contribution < 1.29 is 9.53 Å². The van der Waals surface area contributed by atoms with Crippen LogP contribution in [0, 0.1) is 0 Å². The molecule has 1 heterocycles. The quantitative estimate of drug-likeness (QED) is 0.308. The fraction of sp³-hybridized carbons (Fsp3) is 0.286. The van der Waals surface area contributed by atoms with E-state index in [1.807, 2.05) is 54.6 Å². The number of nitrogens with one attached hydrogen (secondary N) is 1. The summed E-state index contributed by atoms with van der Waals surface area (Å²) in [7, 11) is 0. The molecule has 1 aromatic heterocycles. The molecule has 33 heavy (non-hydrogen) atoms. The maximum Gasteiger partial charge on any atom is 0.220 e. The Morgan fingerprint density at radius 2 is 1.58 bits per heavy atom. The molecule has 0 saturated heterocycles. The molecule has 5 nitrogen and oxygen atoms in total. The highest BCUT2D eigenvalue weighted by Crippen LogP contribution is 2.18. The third-order valence-corrected chi connectivity index (χ3v) is 5.65. The van der Waals surface area contributed by atoms with Crippen molar-refractivity contribution in [3.05, 3.63) is 96.3 Å². The number of para-hydroxylation sites is 3. The van der Waals surface area contributed by atoms with Crippen molar-refractivity contribution in [3.8, 4) is 5.75 Å². The van der Waals surface area contributed by atoms with E-state index < -0.39 is 0 Å². The van der Waals surface area contributed by atoms with Gasteiger partial charge >= 0.3 is 0 Å². The molecule has 0 aliphatic carbocycles. The topological polar surface area (TPSA) is 56.2 Å². The molecule has 0 aliphatic rings. The lowest BCUT2D eigenvalue weighted by atomic mass is 10.1. The molecule has 0 aliphatic heterocycles. The largest absolute Gasteiger partial charge is 0.494 e. The molecule has 4 rings (SSSR count). The van der Waals surface area contributed by atoms with Crippen LogP contribution in [-0.2, 0) is 24.2 Å². The zero-order valence-electron chi connectivity index (χ0n) is 19.0. The third kappa shape index (κ3) is 6.69. The van der Waals surface area contributed by atoms with Crippen molar-refractivity contribution in [1.82, 2.24) is 14.9 Å². The van der Waals surface area contributed by atoms with Crippen LogP contribution in [0.2, 0.25) is 0 Å². The maximum atomic E-state index is 12.2. The average molecular weight is 442 g/mol. The van der Waals surface area contributed by atoms with E-state index in [0.29, 0.717) is 19.6 Å². The van der Waals surface area contributed by atoms with E-state index in [1.165, 1.54) is 5.56 Å². The van der Waals surface area contributed by atoms with E-state index in [-0.39, 0.29) is 5.91 Å². The Kier molecular flexibility index (Phi) is 8.12. The monoisotopic (exact) mass is 441 g/mol. The number of aromatic nitrogens is 2. The van der Waals surface area contributed by atoms with Crippen molar-refractivity contribution in [3.63, 3.8) is 0 Å². The lowest BCUT2D eigenvalue weighted by Gasteiger charge is -2.11. The number of carbonyl (C=O) groups is 1. The minimum atomic E-state index is 0.102. The van der Waals surface area contributed by atoms with Gasteiger partial charge in [-0.25, -0.2) is 4.98 Å². The number of carbonyl (C=O) groups excluding carboxylic acids is 1. The fourth-order valence-corrected chi connectivity index (χ4v) is 3.96. The molecule has 5 heteroatoms. The zero-order chi connectivity index (χ0) is 22.7. The summed E-state index contributed by atoms with van der Waals surface area (Å²) in [4.78, 5) is 17.0. The van der Waals surface area contributed by atoms with Crippen LogP contribution in [-0.4, -0.2) is 28.6 Å². The van der Waals surface area contributed by atoms with Crippen molar-refractivity contribution in [1.29, 1.82) is 0 Å². The average Bonchev–Trinajstić information content (AvgIpc) is 3.22. The minimum absolute atomic E-state index is 0.102. The smallest absolute Gasteiger partial charge is 0.220 e. The molecule has 0 unspecified atom stereocenters. The number of ether oxygens (including phenoxy) is 1. The summed E-state index contributed by atoms with van der Waals surface area (Å²) in [6, 6.07) is 28.3. The Labute approximate surface area is 195 Å². The van der Waals surface area contributed by atoms with Gasteiger partial charge in [0.05, 0.1) is 17.6 Å². The van der Waals surface area contributed by atoms with E-state index in [9.17, 15) is 4.79 Å². The van der Waals surface area contributed by atoms with Gasteiger partial charge in [-0.1, -0.05) is 60.7 Å². The van der Waals surface area contributed by atoms with Gasteiger partial charge < -0.3 is 14.6 Å². The molecule has 3 aromatic carbocycles. The first-order valence-electron chi connectivity index (χ1n) is 11.7. The number of amides is 1. The SMILES string of the molecule is O=C(CCc1ccccc1)NCCCc1nc2ccccc2n1CCCOc1ccccc1. The van der Waals surface area contributed by atoms with E-state index in [1.54, 1.807) is 0 Å². The number of nitrogens with zero attached hydrogens (tertiary/aromatic N) is 2. The van der Waals surface area contributed by atoms with Crippen LogP contribution in [0.5, 0.6) is 5.75 Å². The molecule has 4 aromatic rings. The summed E-state index contributed by atoms with van der Waals surface area (Å²) >= 11 is 0. The molecule has 1 amide bonds. The normalized spacial score (nSPS) is 10.9. The first-order valence-corrected chi connectivity index (χ1v) is 11.7. The number of imidazole rings is 1. The highest BCUT2D eigenvalue weighted by molar-refractivity contribution is 5.76. The number of benzene rings is 3. The third-order valence-electron chi connectivity index (χ3n) is 5.65. The standard InChI is InChI=1S/C28H31N3O2/c32-28(19-18-23-11-3-1-4-12-23)29-20-9-17-27-30-25-15-7-8-16-26(25)31(27)21-10-22-33-24-13-5-2-6-14-24/h1-8,11-16H,9-10,17-22H2,(H,29,32). The number of fused-ring (bicyclic) bond motifs is 1. The van der Waals surface area contributed by atoms with Gasteiger partial charge in [-0.15, -0.1) is 0 Å². The van der Waals surface area contributed by atoms with E-state index >= 15 is 0 Å². The van der Waals surface area contributed by atoms with Crippen LogP contribution >= 0.6 is 0 Å². The lowest BCUT2D eigenvalue weighted by Crippen LogP contribution is -2.25. The van der Waals surface area contributed by atoms with Crippen LogP contribution < -0.4 is 10.1 Å². The maximum absolute atomic E-state index is 12.2. The van der Waals surface area contributed by atoms with Crippen LogP contribution in [0.4, 0.5) is 0 Å². The Bertz CT molecular complexity index is 1140. The Morgan fingerprint density at radius 1 is 0.848 bits per heavy atom. The van der Waals surface area contributed by atoms with E-state index in [4.69, 9.17) is 9.72 Å². The molecule has 0 atom stereocenters. The minimum Gasteiger partial charge on any atom is -0.494 e. The van der Waals surface area contributed by atoms with Crippen LogP contribution in [0.25, 0.3) is 11.0 Å². The molecule has 0 spiro atoms. The van der Waals surface area contributed by atoms with Gasteiger partial charge in [-0.3, -0.25) is 4.79 Å². The Balaban J connectivity index is 1.25. The van der Waals surface area contributed by atoms with Crippen molar-refractivity contribution in [2.75, 3.05) is 13.2 Å². The molecule has 0 radical (unpaired) electrons. The molecular weight excluding hydrogens is 410 g/mol. The Hall–Kier alpha value is -3.60. The van der Waals surface area contributed by atoms with Crippen LogP contribution in [0.15, 0.2) is 84.9 Å². The second kappa shape index (κ2) is 11.9. The summed E-state index contributed by atoms with van der Waals surface area (Å²) in [5.41, 5.74) is 3.36. The predicted octanol–water partition coefficient (Wildman–Crippen LogP) is 5.19. The summed E-state index contributed by atoms with van der Waals surface area (Å²) in [6.45, 7) is 2.17. The number of hydrogen-bond acceptors (Lipinski definition) is 3. The predicted molar refractivity (Wildman–Crippen MR) is 132 cm³/mol. The summed E-state index contributed by atoms with van der Waals surface area (Å²) < 4.78 is 8.15. The molecule has 1 N–H and O–H groups in total. The van der Waals surface area contributed by atoms with E-state index in [0.717, 1.165) is 54.8 Å². The number of hydrogen-bond donors (Lipinski definition) is 1. The second-order valence-electron chi connectivity index (χ2n) is 8.12. The lowest BCUT2D eigenvalue weighted by molar-refractivity contribution is -0.121. The van der Waals surface area contributed by atoms with Gasteiger partial charge in [0.25, 0.3) is 0 Å². The van der Waals surface area contributed by atoms with Crippen molar-refractivity contribution >= 4 is 16.9 Å². The molecule has 0 saturated carbocycles. The molecule has 0 bridgehead atoms. The first-order chi connectivity index (χ1) is 16.3. The summed E-state index contributed by atoms with van der Waals surface area (Å²) in [5, 5.41) is 3.05. The molecule has 170 valence electrons. The van der Waals surface area contributed by atoms with Gasteiger partial charge in [0.15, 0.2) is 0 Å². The van der Waals surface area contributed by atoms with Gasteiger partial charge in [0, 0.05) is 25.9 Å². The van der Waals surface area contributed by atoms with E-state index in [2.05, 4.69) is 40.2 Å². The highest BCUT2D eigenvalue weighted by atomic mass is 16.5. The molecular formula is C28H31N3O2. The van der Waals surface area contributed by atoms with Crippen LogP contribution in [0.3, 0.4) is 0 Å². The van der Waals surface area contributed by atoms with Gasteiger partial charge in [-0.2, -0.15) is 0 Å². The number of rotatable bonds is 12. The zero-order valence-corrected chi connectivity index (χ0v) is 19.0.